The Labute approximate surface area is 182 Å². The van der Waals surface area contributed by atoms with Gasteiger partial charge in [-0.25, -0.2) is 9.37 Å². The minimum atomic E-state index is -0.570. The maximum absolute atomic E-state index is 13.6. The molecule has 0 bridgehead atoms. The molecular weight excluding hydrogens is 393 g/mol. The highest BCUT2D eigenvalue weighted by molar-refractivity contribution is 5.82. The zero-order valence-corrected chi connectivity index (χ0v) is 18.9. The molecule has 6 heteroatoms. The molecule has 1 heterocycles. The fourth-order valence-corrected chi connectivity index (χ4v) is 3.64. The first kappa shape index (κ1) is 22.7. The maximum atomic E-state index is 13.6. The molecule has 0 aliphatic heterocycles. The highest BCUT2D eigenvalue weighted by Crippen LogP contribution is 2.28. The first-order valence-electron chi connectivity index (χ1n) is 10.7. The highest BCUT2D eigenvalue weighted by atomic mass is 19.1. The summed E-state index contributed by atoms with van der Waals surface area (Å²) < 4.78 is 15.1. The van der Waals surface area contributed by atoms with E-state index in [-0.39, 0.29) is 17.3 Å². The van der Waals surface area contributed by atoms with Crippen LogP contribution >= 0.6 is 0 Å². The standard InChI is InChI=1S/C25H30FN3O2/c1-6-7-16-28(24(31)25(3,4)5)17(2)22-27-21-11-9-8-10-20(21)23(30)29(22)19-14-12-18(26)13-15-19/h8-15,17H,6-7,16H2,1-5H3. The summed E-state index contributed by atoms with van der Waals surface area (Å²) in [6.45, 7) is 10.2. The van der Waals surface area contributed by atoms with Gasteiger partial charge in [-0.05, 0) is 49.7 Å². The zero-order valence-electron chi connectivity index (χ0n) is 18.9. The molecule has 1 atom stereocenters. The van der Waals surface area contributed by atoms with Crippen molar-refractivity contribution < 1.29 is 9.18 Å². The Kier molecular flexibility index (Phi) is 6.58. The second kappa shape index (κ2) is 9.00. The number of fused-ring (bicyclic) bond motifs is 1. The molecule has 0 saturated heterocycles. The number of aromatic nitrogens is 2. The SMILES string of the molecule is CCCCN(C(=O)C(C)(C)C)C(C)c1nc2ccccc2c(=O)n1-c1ccc(F)cc1. The lowest BCUT2D eigenvalue weighted by molar-refractivity contribution is -0.142. The third-order valence-corrected chi connectivity index (χ3v) is 5.38. The number of hydrogen-bond acceptors (Lipinski definition) is 3. The van der Waals surface area contributed by atoms with Crippen molar-refractivity contribution in [3.8, 4) is 5.69 Å². The first-order valence-corrected chi connectivity index (χ1v) is 10.7. The molecule has 0 saturated carbocycles. The van der Waals surface area contributed by atoms with Gasteiger partial charge in [0.1, 0.15) is 11.6 Å². The summed E-state index contributed by atoms with van der Waals surface area (Å²) in [4.78, 5) is 33.4. The number of para-hydroxylation sites is 1. The molecule has 1 unspecified atom stereocenters. The molecule has 0 N–H and O–H groups in total. The molecule has 3 rings (SSSR count). The Balaban J connectivity index is 2.25. The van der Waals surface area contributed by atoms with Crippen LogP contribution < -0.4 is 5.56 Å². The molecule has 0 fully saturated rings. The van der Waals surface area contributed by atoms with Gasteiger partial charge in [0.25, 0.3) is 5.56 Å². The van der Waals surface area contributed by atoms with E-state index in [1.165, 1.54) is 16.7 Å². The second-order valence-corrected chi connectivity index (χ2v) is 8.88. The predicted octanol–water partition coefficient (Wildman–Crippen LogP) is 5.26. The predicted molar refractivity (Wildman–Crippen MR) is 122 cm³/mol. The average Bonchev–Trinajstić information content (AvgIpc) is 2.74. The van der Waals surface area contributed by atoms with Crippen LogP contribution in [0, 0.1) is 11.2 Å². The number of amides is 1. The molecule has 0 radical (unpaired) electrons. The van der Waals surface area contributed by atoms with Gasteiger partial charge in [-0.3, -0.25) is 14.2 Å². The van der Waals surface area contributed by atoms with Crippen LogP contribution in [0.25, 0.3) is 16.6 Å². The number of benzene rings is 2. The summed E-state index contributed by atoms with van der Waals surface area (Å²) >= 11 is 0. The lowest BCUT2D eigenvalue weighted by Crippen LogP contribution is -2.43. The summed E-state index contributed by atoms with van der Waals surface area (Å²) in [6, 6.07) is 12.5. The van der Waals surface area contributed by atoms with E-state index in [4.69, 9.17) is 4.98 Å². The topological polar surface area (TPSA) is 55.2 Å². The van der Waals surface area contributed by atoms with Gasteiger partial charge in [0.15, 0.2) is 0 Å². The molecule has 2 aromatic carbocycles. The van der Waals surface area contributed by atoms with Crippen LogP contribution in [0.3, 0.4) is 0 Å². The molecule has 1 aromatic heterocycles. The second-order valence-electron chi connectivity index (χ2n) is 8.88. The van der Waals surface area contributed by atoms with Crippen LogP contribution in [-0.2, 0) is 4.79 Å². The fraction of sp³-hybridized carbons (Fsp3) is 0.400. The molecule has 164 valence electrons. The Morgan fingerprint density at radius 2 is 1.77 bits per heavy atom. The summed E-state index contributed by atoms with van der Waals surface area (Å²) in [5, 5.41) is 0.477. The molecular formula is C25H30FN3O2. The van der Waals surface area contributed by atoms with Crippen molar-refractivity contribution in [2.24, 2.45) is 5.41 Å². The van der Waals surface area contributed by atoms with E-state index >= 15 is 0 Å². The van der Waals surface area contributed by atoms with E-state index in [1.54, 1.807) is 35.2 Å². The molecule has 0 spiro atoms. The van der Waals surface area contributed by atoms with Crippen molar-refractivity contribution in [1.29, 1.82) is 0 Å². The maximum Gasteiger partial charge on any atom is 0.266 e. The van der Waals surface area contributed by atoms with Crippen LogP contribution in [0.15, 0.2) is 53.3 Å². The number of rotatable bonds is 6. The Morgan fingerprint density at radius 3 is 2.39 bits per heavy atom. The number of carbonyl (C=O) groups is 1. The first-order chi connectivity index (χ1) is 14.6. The molecule has 31 heavy (non-hydrogen) atoms. The molecule has 3 aromatic rings. The molecule has 0 aliphatic carbocycles. The van der Waals surface area contributed by atoms with Crippen LogP contribution in [-0.4, -0.2) is 26.9 Å². The van der Waals surface area contributed by atoms with E-state index in [0.717, 1.165) is 12.8 Å². The number of nitrogens with zero attached hydrogens (tertiary/aromatic N) is 3. The van der Waals surface area contributed by atoms with Gasteiger partial charge >= 0.3 is 0 Å². The van der Waals surface area contributed by atoms with Crippen molar-refractivity contribution in [2.45, 2.75) is 53.5 Å². The van der Waals surface area contributed by atoms with Crippen LogP contribution in [0.2, 0.25) is 0 Å². The number of halogens is 1. The number of carbonyl (C=O) groups excluding carboxylic acids is 1. The quantitative estimate of drug-likeness (QED) is 0.543. The van der Waals surface area contributed by atoms with E-state index < -0.39 is 11.5 Å². The number of hydrogen-bond donors (Lipinski definition) is 0. The van der Waals surface area contributed by atoms with Gasteiger partial charge < -0.3 is 4.90 Å². The van der Waals surface area contributed by atoms with Gasteiger partial charge in [0.2, 0.25) is 5.91 Å². The van der Waals surface area contributed by atoms with Gasteiger partial charge in [0.05, 0.1) is 22.6 Å². The monoisotopic (exact) mass is 423 g/mol. The summed E-state index contributed by atoms with van der Waals surface area (Å²) in [7, 11) is 0. The van der Waals surface area contributed by atoms with Crippen molar-refractivity contribution in [1.82, 2.24) is 14.5 Å². The normalized spacial score (nSPS) is 12.7. The minimum absolute atomic E-state index is 0.00140. The number of unbranched alkanes of at least 4 members (excludes halogenated alkanes) is 1. The van der Waals surface area contributed by atoms with Gasteiger partial charge in [-0.2, -0.15) is 0 Å². The largest absolute Gasteiger partial charge is 0.332 e. The zero-order chi connectivity index (χ0) is 22.8. The summed E-state index contributed by atoms with van der Waals surface area (Å²) in [6.07, 6.45) is 1.79. The van der Waals surface area contributed by atoms with E-state index in [9.17, 15) is 14.0 Å². The summed E-state index contributed by atoms with van der Waals surface area (Å²) in [5.41, 5.74) is 0.286. The van der Waals surface area contributed by atoms with Crippen molar-refractivity contribution in [3.63, 3.8) is 0 Å². The minimum Gasteiger partial charge on any atom is -0.332 e. The van der Waals surface area contributed by atoms with Crippen molar-refractivity contribution in [3.05, 3.63) is 70.5 Å². The third-order valence-electron chi connectivity index (χ3n) is 5.38. The Hall–Kier alpha value is -3.02. The Morgan fingerprint density at radius 1 is 1.13 bits per heavy atom. The van der Waals surface area contributed by atoms with Crippen LogP contribution in [0.4, 0.5) is 4.39 Å². The fourth-order valence-electron chi connectivity index (χ4n) is 3.64. The molecule has 1 amide bonds. The molecule has 0 aliphatic rings. The lowest BCUT2D eigenvalue weighted by atomic mass is 9.93. The van der Waals surface area contributed by atoms with Crippen molar-refractivity contribution in [2.75, 3.05) is 6.54 Å². The lowest BCUT2D eigenvalue weighted by Gasteiger charge is -2.35. The van der Waals surface area contributed by atoms with E-state index in [2.05, 4.69) is 6.92 Å². The van der Waals surface area contributed by atoms with Crippen LogP contribution in [0.5, 0.6) is 0 Å². The third kappa shape index (κ3) is 4.68. The van der Waals surface area contributed by atoms with E-state index in [1.807, 2.05) is 33.8 Å². The van der Waals surface area contributed by atoms with Crippen molar-refractivity contribution >= 4 is 16.8 Å². The van der Waals surface area contributed by atoms with Crippen LogP contribution in [0.1, 0.15) is 59.3 Å². The Bertz CT molecular complexity index is 1130. The highest BCUT2D eigenvalue weighted by Gasteiger charge is 2.32. The smallest absolute Gasteiger partial charge is 0.266 e. The van der Waals surface area contributed by atoms with Gasteiger partial charge in [-0.15, -0.1) is 0 Å². The van der Waals surface area contributed by atoms with Gasteiger partial charge in [-0.1, -0.05) is 46.2 Å². The average molecular weight is 424 g/mol. The summed E-state index contributed by atoms with van der Waals surface area (Å²) in [5.74, 6) is 0.0816. The molecule has 5 nitrogen and oxygen atoms in total. The van der Waals surface area contributed by atoms with E-state index in [0.29, 0.717) is 29.0 Å². The van der Waals surface area contributed by atoms with Gasteiger partial charge in [0, 0.05) is 12.0 Å².